The molecule has 1 aliphatic carbocycles. The van der Waals surface area contributed by atoms with Gasteiger partial charge in [-0.2, -0.15) is 0 Å². The maximum Gasteiger partial charge on any atom is 0.0497 e. The van der Waals surface area contributed by atoms with Crippen molar-refractivity contribution in [3.8, 4) is 0 Å². The Morgan fingerprint density at radius 2 is 2.25 bits per heavy atom. The fourth-order valence-electron chi connectivity index (χ4n) is 2.77. The molecule has 0 fully saturated rings. The third-order valence-electron chi connectivity index (χ3n) is 3.62. The summed E-state index contributed by atoms with van der Waals surface area (Å²) in [6.45, 7) is 0. The first-order valence-electron chi connectivity index (χ1n) is 5.68. The third-order valence-corrected chi connectivity index (χ3v) is 3.85. The van der Waals surface area contributed by atoms with Crippen LogP contribution in [0.15, 0.2) is 18.2 Å². The zero-order chi connectivity index (χ0) is 11.3. The SMILES string of the molecule is Cn1c2c(c3ccc(Cl)cc31)CC(N)CC2. The zero-order valence-electron chi connectivity index (χ0n) is 9.33. The van der Waals surface area contributed by atoms with E-state index in [1.54, 1.807) is 0 Å². The highest BCUT2D eigenvalue weighted by Gasteiger charge is 2.22. The Morgan fingerprint density at radius 3 is 3.06 bits per heavy atom. The van der Waals surface area contributed by atoms with Gasteiger partial charge in [-0.15, -0.1) is 0 Å². The Labute approximate surface area is 100.0 Å². The number of benzene rings is 1. The lowest BCUT2D eigenvalue weighted by Gasteiger charge is -2.19. The molecule has 0 bridgehead atoms. The standard InChI is InChI=1S/C13H15ClN2/c1-16-12-5-3-9(15)7-11(12)10-4-2-8(14)6-13(10)16/h2,4,6,9H,3,5,7,15H2,1H3. The number of hydrogen-bond acceptors (Lipinski definition) is 1. The van der Waals surface area contributed by atoms with Gasteiger partial charge in [0.05, 0.1) is 0 Å². The number of aromatic nitrogens is 1. The van der Waals surface area contributed by atoms with Gasteiger partial charge in [0.15, 0.2) is 0 Å². The first kappa shape index (κ1) is 10.2. The van der Waals surface area contributed by atoms with Crippen molar-refractivity contribution in [3.63, 3.8) is 0 Å². The van der Waals surface area contributed by atoms with Crippen LogP contribution in [0.2, 0.25) is 5.02 Å². The lowest BCUT2D eigenvalue weighted by molar-refractivity contribution is 0.562. The van der Waals surface area contributed by atoms with Crippen molar-refractivity contribution in [2.24, 2.45) is 12.8 Å². The highest BCUT2D eigenvalue weighted by atomic mass is 35.5. The molecule has 2 aromatic rings. The molecule has 0 saturated carbocycles. The summed E-state index contributed by atoms with van der Waals surface area (Å²) in [7, 11) is 2.12. The topological polar surface area (TPSA) is 30.9 Å². The van der Waals surface area contributed by atoms with Gasteiger partial charge in [0.25, 0.3) is 0 Å². The van der Waals surface area contributed by atoms with Crippen molar-refractivity contribution >= 4 is 22.5 Å². The number of fused-ring (bicyclic) bond motifs is 3. The molecule has 0 amide bonds. The van der Waals surface area contributed by atoms with Crippen molar-refractivity contribution < 1.29 is 0 Å². The number of hydrogen-bond donors (Lipinski definition) is 1. The molecule has 16 heavy (non-hydrogen) atoms. The molecule has 1 aromatic carbocycles. The van der Waals surface area contributed by atoms with Crippen LogP contribution in [-0.4, -0.2) is 10.6 Å². The number of rotatable bonds is 0. The summed E-state index contributed by atoms with van der Waals surface area (Å²) in [6.07, 6.45) is 3.17. The van der Waals surface area contributed by atoms with Crippen LogP contribution in [0.3, 0.4) is 0 Å². The van der Waals surface area contributed by atoms with Gasteiger partial charge in [-0.25, -0.2) is 0 Å². The van der Waals surface area contributed by atoms with Crippen molar-refractivity contribution in [1.82, 2.24) is 4.57 Å². The second-order valence-corrected chi connectivity index (χ2v) is 5.09. The first-order chi connectivity index (χ1) is 7.66. The van der Waals surface area contributed by atoms with E-state index in [0.717, 1.165) is 24.3 Å². The molecule has 1 atom stereocenters. The van der Waals surface area contributed by atoms with Gasteiger partial charge in [0, 0.05) is 34.7 Å². The molecule has 3 heteroatoms. The average Bonchev–Trinajstić information content (AvgIpc) is 2.52. The minimum Gasteiger partial charge on any atom is -0.347 e. The van der Waals surface area contributed by atoms with Crippen molar-refractivity contribution in [2.45, 2.75) is 25.3 Å². The van der Waals surface area contributed by atoms with Crippen molar-refractivity contribution in [2.75, 3.05) is 0 Å². The van der Waals surface area contributed by atoms with Gasteiger partial charge in [0.1, 0.15) is 0 Å². The monoisotopic (exact) mass is 234 g/mol. The van der Waals surface area contributed by atoms with Gasteiger partial charge >= 0.3 is 0 Å². The van der Waals surface area contributed by atoms with Gasteiger partial charge < -0.3 is 10.3 Å². The second kappa shape index (κ2) is 3.51. The second-order valence-electron chi connectivity index (χ2n) is 4.65. The van der Waals surface area contributed by atoms with Gasteiger partial charge in [0.2, 0.25) is 0 Å². The van der Waals surface area contributed by atoms with Gasteiger partial charge in [-0.3, -0.25) is 0 Å². The largest absolute Gasteiger partial charge is 0.347 e. The molecule has 3 rings (SSSR count). The normalized spacial score (nSPS) is 20.1. The lowest BCUT2D eigenvalue weighted by atomic mass is 9.92. The number of nitrogens with two attached hydrogens (primary N) is 1. The molecule has 0 saturated heterocycles. The van der Waals surface area contributed by atoms with Crippen LogP contribution >= 0.6 is 11.6 Å². The van der Waals surface area contributed by atoms with E-state index < -0.39 is 0 Å². The Bertz CT molecular complexity index is 557. The minimum absolute atomic E-state index is 0.314. The highest BCUT2D eigenvalue weighted by Crippen LogP contribution is 2.32. The summed E-state index contributed by atoms with van der Waals surface area (Å²) in [5.41, 5.74) is 10.1. The fraction of sp³-hybridized carbons (Fsp3) is 0.385. The van der Waals surface area contributed by atoms with Crippen molar-refractivity contribution in [3.05, 3.63) is 34.5 Å². The summed E-state index contributed by atoms with van der Waals surface area (Å²) >= 11 is 6.04. The Balaban J connectivity index is 2.32. The summed E-state index contributed by atoms with van der Waals surface area (Å²) in [4.78, 5) is 0. The third kappa shape index (κ3) is 1.37. The predicted molar refractivity (Wildman–Crippen MR) is 67.9 cm³/mol. The maximum atomic E-state index is 6.04. The van der Waals surface area contributed by atoms with E-state index in [1.165, 1.54) is 22.2 Å². The smallest absolute Gasteiger partial charge is 0.0497 e. The average molecular weight is 235 g/mol. The van der Waals surface area contributed by atoms with E-state index in [9.17, 15) is 0 Å². The highest BCUT2D eigenvalue weighted by molar-refractivity contribution is 6.31. The Morgan fingerprint density at radius 1 is 1.44 bits per heavy atom. The molecule has 0 radical (unpaired) electrons. The molecular weight excluding hydrogens is 220 g/mol. The van der Waals surface area contributed by atoms with Crippen LogP contribution in [0.1, 0.15) is 17.7 Å². The van der Waals surface area contributed by atoms with E-state index in [1.807, 2.05) is 12.1 Å². The summed E-state index contributed by atoms with van der Waals surface area (Å²) in [6, 6.07) is 6.44. The molecule has 1 heterocycles. The van der Waals surface area contributed by atoms with E-state index >= 15 is 0 Å². The maximum absolute atomic E-state index is 6.04. The van der Waals surface area contributed by atoms with E-state index in [2.05, 4.69) is 17.7 Å². The zero-order valence-corrected chi connectivity index (χ0v) is 10.1. The summed E-state index contributed by atoms with van der Waals surface area (Å²) < 4.78 is 2.27. The molecule has 0 aliphatic heterocycles. The number of halogens is 1. The van der Waals surface area contributed by atoms with Crippen molar-refractivity contribution in [1.29, 1.82) is 0 Å². The van der Waals surface area contributed by atoms with Crippen LogP contribution in [0.25, 0.3) is 10.9 Å². The molecule has 2 N–H and O–H groups in total. The van der Waals surface area contributed by atoms with Crippen LogP contribution < -0.4 is 5.73 Å². The van der Waals surface area contributed by atoms with Gasteiger partial charge in [-0.05, 0) is 37.0 Å². The van der Waals surface area contributed by atoms with Crippen LogP contribution in [0.4, 0.5) is 0 Å². The van der Waals surface area contributed by atoms with Crippen LogP contribution in [0.5, 0.6) is 0 Å². The molecule has 1 aliphatic rings. The van der Waals surface area contributed by atoms with Crippen LogP contribution in [0, 0.1) is 0 Å². The molecule has 1 aromatic heterocycles. The number of aryl methyl sites for hydroxylation is 1. The first-order valence-corrected chi connectivity index (χ1v) is 6.06. The Hall–Kier alpha value is -0.990. The van der Waals surface area contributed by atoms with Gasteiger partial charge in [-0.1, -0.05) is 17.7 Å². The molecule has 1 unspecified atom stereocenters. The minimum atomic E-state index is 0.314. The quantitative estimate of drug-likeness (QED) is 0.747. The molecule has 84 valence electrons. The fourth-order valence-corrected chi connectivity index (χ4v) is 2.94. The molecule has 2 nitrogen and oxygen atoms in total. The molecule has 0 spiro atoms. The van der Waals surface area contributed by atoms with E-state index in [0.29, 0.717) is 6.04 Å². The summed E-state index contributed by atoms with van der Waals surface area (Å²) in [5, 5.41) is 2.12. The predicted octanol–water partition coefficient (Wildman–Crippen LogP) is 2.65. The Kier molecular flexibility index (Phi) is 2.23. The van der Waals surface area contributed by atoms with E-state index in [4.69, 9.17) is 17.3 Å². The molecular formula is C13H15ClN2. The summed E-state index contributed by atoms with van der Waals surface area (Å²) in [5.74, 6) is 0. The number of nitrogens with zero attached hydrogens (tertiary/aromatic N) is 1. The van der Waals surface area contributed by atoms with Crippen LogP contribution in [-0.2, 0) is 19.9 Å². The lowest BCUT2D eigenvalue weighted by Crippen LogP contribution is -2.28. The van der Waals surface area contributed by atoms with E-state index in [-0.39, 0.29) is 0 Å².